The van der Waals surface area contributed by atoms with Crippen molar-refractivity contribution in [3.8, 4) is 17.2 Å². The fourth-order valence-corrected chi connectivity index (χ4v) is 3.20. The normalized spacial score (nSPS) is 13.1. The van der Waals surface area contributed by atoms with Crippen molar-refractivity contribution in [3.05, 3.63) is 35.2 Å². The maximum Gasteiger partial charge on any atom is 0.223 e. The maximum atomic E-state index is 12.7. The molecule has 2 heterocycles. The largest absolute Gasteiger partial charge is 0.496 e. The predicted octanol–water partition coefficient (Wildman–Crippen LogP) is 1.98. The quantitative estimate of drug-likeness (QED) is 0.746. The first-order chi connectivity index (χ1) is 13.1. The summed E-state index contributed by atoms with van der Waals surface area (Å²) >= 11 is 0. The molecule has 0 unspecified atom stereocenters. The Morgan fingerprint density at radius 3 is 2.48 bits per heavy atom. The lowest BCUT2D eigenvalue weighted by atomic mass is 10.0. The number of aromatic nitrogens is 2. The van der Waals surface area contributed by atoms with E-state index in [1.807, 2.05) is 0 Å². The molecule has 27 heavy (non-hydrogen) atoms. The van der Waals surface area contributed by atoms with E-state index in [4.69, 9.17) is 14.2 Å². The third-order valence-corrected chi connectivity index (χ3v) is 4.73. The number of hydrogen-bond acceptors (Lipinski definition) is 6. The molecule has 1 N–H and O–H groups in total. The average molecular weight is 373 g/mol. The van der Waals surface area contributed by atoms with E-state index in [2.05, 4.69) is 10.2 Å². The molecule has 3 rings (SSSR count). The summed E-state index contributed by atoms with van der Waals surface area (Å²) in [5.41, 5.74) is 2.48. The van der Waals surface area contributed by atoms with Crippen molar-refractivity contribution >= 4 is 11.7 Å². The number of amides is 1. The Morgan fingerprint density at radius 1 is 1.07 bits per heavy atom. The number of H-pyrrole nitrogens is 1. The molecular weight excluding hydrogens is 350 g/mol. The van der Waals surface area contributed by atoms with Crippen LogP contribution in [0.1, 0.15) is 34.5 Å². The standard InChI is InChI=1S/C19H23N3O5/c1-25-16-9-18(27-3)17(26-2)8-13(16)15(23)4-5-19(24)22-7-6-14-12(11-22)10-20-21-14/h8-10H,4-7,11H2,1-3H3,(H,20,21). The molecule has 0 bridgehead atoms. The van der Waals surface area contributed by atoms with E-state index in [0.717, 1.165) is 17.7 Å². The molecule has 1 aliphatic heterocycles. The van der Waals surface area contributed by atoms with Crippen molar-refractivity contribution in [3.63, 3.8) is 0 Å². The van der Waals surface area contributed by atoms with Crippen LogP contribution in [0, 0.1) is 0 Å². The Balaban J connectivity index is 1.66. The van der Waals surface area contributed by atoms with Crippen molar-refractivity contribution in [1.82, 2.24) is 15.1 Å². The van der Waals surface area contributed by atoms with Crippen molar-refractivity contribution in [2.24, 2.45) is 0 Å². The molecule has 1 aromatic carbocycles. The number of rotatable bonds is 7. The van der Waals surface area contributed by atoms with Crippen LogP contribution in [0.3, 0.4) is 0 Å². The van der Waals surface area contributed by atoms with Gasteiger partial charge < -0.3 is 19.1 Å². The Bertz CT molecular complexity index is 846. The zero-order valence-electron chi connectivity index (χ0n) is 15.7. The van der Waals surface area contributed by atoms with Crippen LogP contribution in [-0.4, -0.2) is 54.7 Å². The molecule has 1 amide bonds. The van der Waals surface area contributed by atoms with Gasteiger partial charge in [0.25, 0.3) is 0 Å². The van der Waals surface area contributed by atoms with E-state index < -0.39 is 0 Å². The van der Waals surface area contributed by atoms with Gasteiger partial charge in [0.15, 0.2) is 17.3 Å². The average Bonchev–Trinajstić information content (AvgIpc) is 3.18. The van der Waals surface area contributed by atoms with Crippen LogP contribution in [0.2, 0.25) is 0 Å². The lowest BCUT2D eigenvalue weighted by molar-refractivity contribution is -0.132. The SMILES string of the molecule is COc1cc(OC)c(C(=O)CCC(=O)N2CCc3[nH]ncc3C2)cc1OC. The van der Waals surface area contributed by atoms with Crippen LogP contribution in [-0.2, 0) is 17.8 Å². The number of carbonyl (C=O) groups is 2. The summed E-state index contributed by atoms with van der Waals surface area (Å²) in [6.45, 7) is 1.15. The molecule has 1 aromatic heterocycles. The van der Waals surface area contributed by atoms with Crippen LogP contribution in [0.25, 0.3) is 0 Å². The Labute approximate surface area is 157 Å². The Hall–Kier alpha value is -3.03. The molecule has 0 saturated carbocycles. The van der Waals surface area contributed by atoms with Crippen molar-refractivity contribution in [2.75, 3.05) is 27.9 Å². The van der Waals surface area contributed by atoms with Crippen LogP contribution in [0.15, 0.2) is 18.3 Å². The predicted molar refractivity (Wildman–Crippen MR) is 97.4 cm³/mol. The van der Waals surface area contributed by atoms with E-state index in [9.17, 15) is 9.59 Å². The van der Waals surface area contributed by atoms with Crippen molar-refractivity contribution in [2.45, 2.75) is 25.8 Å². The summed E-state index contributed by atoms with van der Waals surface area (Å²) in [4.78, 5) is 26.9. The van der Waals surface area contributed by atoms with Gasteiger partial charge in [-0.1, -0.05) is 0 Å². The number of carbonyl (C=O) groups excluding carboxylic acids is 2. The number of Topliss-reactive ketones (excluding diaryl/α,β-unsaturated/α-hetero) is 1. The fourth-order valence-electron chi connectivity index (χ4n) is 3.20. The zero-order valence-corrected chi connectivity index (χ0v) is 15.7. The van der Waals surface area contributed by atoms with Crippen LogP contribution >= 0.6 is 0 Å². The topological polar surface area (TPSA) is 93.8 Å². The Morgan fingerprint density at radius 2 is 1.78 bits per heavy atom. The number of fused-ring (bicyclic) bond motifs is 1. The van der Waals surface area contributed by atoms with Crippen molar-refractivity contribution < 1.29 is 23.8 Å². The minimum Gasteiger partial charge on any atom is -0.496 e. The molecule has 0 fully saturated rings. The lowest BCUT2D eigenvalue weighted by Crippen LogP contribution is -2.35. The molecule has 0 spiro atoms. The summed E-state index contributed by atoms with van der Waals surface area (Å²) in [6.07, 6.45) is 2.73. The second-order valence-electron chi connectivity index (χ2n) is 6.27. The third-order valence-electron chi connectivity index (χ3n) is 4.73. The van der Waals surface area contributed by atoms with Crippen LogP contribution < -0.4 is 14.2 Å². The monoisotopic (exact) mass is 373 g/mol. The number of nitrogens with one attached hydrogen (secondary N) is 1. The van der Waals surface area contributed by atoms with E-state index in [1.165, 1.54) is 21.3 Å². The molecular formula is C19H23N3O5. The number of benzene rings is 1. The molecule has 0 saturated heterocycles. The number of aromatic amines is 1. The molecule has 8 nitrogen and oxygen atoms in total. The summed E-state index contributed by atoms with van der Waals surface area (Å²) in [6, 6.07) is 3.20. The molecule has 144 valence electrons. The van der Waals surface area contributed by atoms with Crippen LogP contribution in [0.5, 0.6) is 17.2 Å². The molecule has 0 radical (unpaired) electrons. The van der Waals surface area contributed by atoms with Gasteiger partial charge >= 0.3 is 0 Å². The second-order valence-corrected chi connectivity index (χ2v) is 6.27. The maximum absolute atomic E-state index is 12.7. The van der Waals surface area contributed by atoms with E-state index in [-0.39, 0.29) is 24.5 Å². The minimum absolute atomic E-state index is 0.0466. The van der Waals surface area contributed by atoms with Gasteiger partial charge in [-0.25, -0.2) is 0 Å². The molecule has 8 heteroatoms. The highest BCUT2D eigenvalue weighted by Crippen LogP contribution is 2.35. The van der Waals surface area contributed by atoms with Gasteiger partial charge in [0.2, 0.25) is 5.91 Å². The number of ether oxygens (including phenoxy) is 3. The number of hydrogen-bond donors (Lipinski definition) is 1. The van der Waals surface area contributed by atoms with Gasteiger partial charge in [-0.15, -0.1) is 0 Å². The van der Waals surface area contributed by atoms with Crippen LogP contribution in [0.4, 0.5) is 0 Å². The van der Waals surface area contributed by atoms with Gasteiger partial charge in [0, 0.05) is 49.7 Å². The minimum atomic E-state index is -0.179. The Kier molecular flexibility index (Phi) is 5.63. The zero-order chi connectivity index (χ0) is 19.4. The molecule has 0 aliphatic carbocycles. The van der Waals surface area contributed by atoms with Gasteiger partial charge in [-0.05, 0) is 6.07 Å². The highest BCUT2D eigenvalue weighted by atomic mass is 16.5. The molecule has 0 atom stereocenters. The first-order valence-electron chi connectivity index (χ1n) is 8.69. The fraction of sp³-hybridized carbons (Fsp3) is 0.421. The van der Waals surface area contributed by atoms with Gasteiger partial charge in [0.1, 0.15) is 5.75 Å². The van der Waals surface area contributed by atoms with Gasteiger partial charge in [0.05, 0.1) is 33.1 Å². The number of methoxy groups -OCH3 is 3. The first-order valence-corrected chi connectivity index (χ1v) is 8.69. The highest BCUT2D eigenvalue weighted by Gasteiger charge is 2.23. The second kappa shape index (κ2) is 8.11. The lowest BCUT2D eigenvalue weighted by Gasteiger charge is -2.26. The van der Waals surface area contributed by atoms with E-state index >= 15 is 0 Å². The summed E-state index contributed by atoms with van der Waals surface area (Å²) < 4.78 is 15.8. The highest BCUT2D eigenvalue weighted by molar-refractivity contribution is 6.01. The molecule has 2 aromatic rings. The van der Waals surface area contributed by atoms with Crippen molar-refractivity contribution in [1.29, 1.82) is 0 Å². The van der Waals surface area contributed by atoms with E-state index in [0.29, 0.717) is 35.9 Å². The first kappa shape index (κ1) is 18.8. The smallest absolute Gasteiger partial charge is 0.223 e. The summed E-state index contributed by atoms with van der Waals surface area (Å²) in [5, 5.41) is 6.95. The number of nitrogens with zero attached hydrogens (tertiary/aromatic N) is 2. The van der Waals surface area contributed by atoms with Gasteiger partial charge in [-0.3, -0.25) is 14.7 Å². The third kappa shape index (κ3) is 3.89. The van der Waals surface area contributed by atoms with E-state index in [1.54, 1.807) is 23.2 Å². The molecule has 1 aliphatic rings. The summed E-state index contributed by atoms with van der Waals surface area (Å²) in [5.74, 6) is 1.09. The number of ketones is 1. The van der Waals surface area contributed by atoms with Gasteiger partial charge in [-0.2, -0.15) is 5.10 Å². The summed E-state index contributed by atoms with van der Waals surface area (Å²) in [7, 11) is 4.50.